The van der Waals surface area contributed by atoms with E-state index >= 15 is 0 Å². The third-order valence-electron chi connectivity index (χ3n) is 5.07. The number of carbonyl (C=O) groups excluding carboxylic acids is 1. The number of rotatable bonds is 5. The highest BCUT2D eigenvalue weighted by molar-refractivity contribution is 5.86. The van der Waals surface area contributed by atoms with Crippen molar-refractivity contribution in [3.63, 3.8) is 0 Å². The molecule has 136 valence electrons. The van der Waals surface area contributed by atoms with Crippen molar-refractivity contribution in [2.24, 2.45) is 11.0 Å². The number of nitrogens with zero attached hydrogens (tertiary/aromatic N) is 3. The van der Waals surface area contributed by atoms with E-state index in [4.69, 9.17) is 0 Å². The summed E-state index contributed by atoms with van der Waals surface area (Å²) in [6.07, 6.45) is 2.57. The number of hydrazone groups is 1. The van der Waals surface area contributed by atoms with E-state index in [0.29, 0.717) is 5.92 Å². The van der Waals surface area contributed by atoms with Crippen molar-refractivity contribution in [2.75, 3.05) is 0 Å². The third-order valence-corrected chi connectivity index (χ3v) is 5.07. The Morgan fingerprint density at radius 3 is 2.48 bits per heavy atom. The molecule has 1 aliphatic rings. The van der Waals surface area contributed by atoms with Crippen molar-refractivity contribution in [3.8, 4) is 5.69 Å². The average molecular weight is 358 g/mol. The molecule has 1 saturated carbocycles. The molecule has 1 fully saturated rings. The van der Waals surface area contributed by atoms with Crippen LogP contribution in [-0.2, 0) is 4.79 Å². The van der Waals surface area contributed by atoms with E-state index in [1.165, 1.54) is 5.56 Å². The van der Waals surface area contributed by atoms with Gasteiger partial charge in [-0.1, -0.05) is 48.5 Å². The Morgan fingerprint density at radius 1 is 1.11 bits per heavy atom. The van der Waals surface area contributed by atoms with Crippen LogP contribution in [-0.4, -0.2) is 21.9 Å². The summed E-state index contributed by atoms with van der Waals surface area (Å²) in [7, 11) is 0. The number of aryl methyl sites for hydroxylation is 1. The van der Waals surface area contributed by atoms with Gasteiger partial charge in [0.05, 0.1) is 23.3 Å². The van der Waals surface area contributed by atoms with Gasteiger partial charge in [0.1, 0.15) is 0 Å². The van der Waals surface area contributed by atoms with E-state index in [1.54, 1.807) is 6.21 Å². The van der Waals surface area contributed by atoms with Gasteiger partial charge in [0.2, 0.25) is 5.91 Å². The van der Waals surface area contributed by atoms with E-state index < -0.39 is 0 Å². The number of aromatic nitrogens is 2. The second-order valence-corrected chi connectivity index (χ2v) is 6.93. The van der Waals surface area contributed by atoms with Gasteiger partial charge < -0.3 is 0 Å². The Morgan fingerprint density at radius 2 is 1.78 bits per heavy atom. The van der Waals surface area contributed by atoms with Gasteiger partial charge in [0.15, 0.2) is 0 Å². The predicted molar refractivity (Wildman–Crippen MR) is 106 cm³/mol. The predicted octanol–water partition coefficient (Wildman–Crippen LogP) is 3.74. The quantitative estimate of drug-likeness (QED) is 0.558. The number of para-hydroxylation sites is 1. The number of hydrogen-bond acceptors (Lipinski definition) is 3. The molecule has 5 heteroatoms. The smallest absolute Gasteiger partial charge is 0.243 e. The SMILES string of the molecule is Cc1nn(-c2ccccc2)c(C)c1C=NNC(=O)C1CC1c1ccccc1. The van der Waals surface area contributed by atoms with Crippen molar-refractivity contribution >= 4 is 12.1 Å². The fourth-order valence-corrected chi connectivity index (χ4v) is 3.46. The minimum absolute atomic E-state index is 0.0128. The lowest BCUT2D eigenvalue weighted by Crippen LogP contribution is -2.20. The first-order valence-electron chi connectivity index (χ1n) is 9.14. The van der Waals surface area contributed by atoms with Gasteiger partial charge in [-0.3, -0.25) is 4.79 Å². The van der Waals surface area contributed by atoms with E-state index in [0.717, 1.165) is 29.1 Å². The minimum Gasteiger partial charge on any atom is -0.273 e. The lowest BCUT2D eigenvalue weighted by molar-refractivity contribution is -0.122. The minimum atomic E-state index is -0.0224. The zero-order valence-corrected chi connectivity index (χ0v) is 15.5. The molecule has 2 unspecified atom stereocenters. The number of carbonyl (C=O) groups is 1. The first-order chi connectivity index (χ1) is 13.1. The molecule has 0 radical (unpaired) electrons. The summed E-state index contributed by atoms with van der Waals surface area (Å²) in [6.45, 7) is 3.95. The molecule has 2 atom stereocenters. The molecule has 1 amide bonds. The van der Waals surface area contributed by atoms with Crippen molar-refractivity contribution in [1.82, 2.24) is 15.2 Å². The Bertz CT molecular complexity index is 976. The van der Waals surface area contributed by atoms with Crippen LogP contribution in [0.2, 0.25) is 0 Å². The van der Waals surface area contributed by atoms with Crippen molar-refractivity contribution < 1.29 is 4.79 Å². The zero-order chi connectivity index (χ0) is 18.8. The normalized spacial score (nSPS) is 18.6. The summed E-state index contributed by atoms with van der Waals surface area (Å²) >= 11 is 0. The Balaban J connectivity index is 1.42. The number of amides is 1. The molecule has 1 N–H and O–H groups in total. The number of benzene rings is 2. The molecular formula is C22H22N4O. The van der Waals surface area contributed by atoms with Gasteiger partial charge in [-0.25, -0.2) is 10.1 Å². The molecule has 0 aliphatic heterocycles. The molecule has 27 heavy (non-hydrogen) atoms. The second kappa shape index (κ2) is 7.19. The first kappa shape index (κ1) is 17.2. The molecule has 0 spiro atoms. The topological polar surface area (TPSA) is 59.3 Å². The second-order valence-electron chi connectivity index (χ2n) is 6.93. The van der Waals surface area contributed by atoms with E-state index in [-0.39, 0.29) is 11.8 Å². The van der Waals surface area contributed by atoms with Gasteiger partial charge >= 0.3 is 0 Å². The summed E-state index contributed by atoms with van der Waals surface area (Å²) in [6, 6.07) is 20.1. The van der Waals surface area contributed by atoms with Crippen molar-refractivity contribution in [3.05, 3.63) is 83.2 Å². The molecule has 0 bridgehead atoms. The first-order valence-corrected chi connectivity index (χ1v) is 9.14. The molecule has 4 rings (SSSR count). The summed E-state index contributed by atoms with van der Waals surface area (Å²) in [5.74, 6) is 0.301. The van der Waals surface area contributed by atoms with E-state index in [1.807, 2.05) is 67.1 Å². The standard InChI is InChI=1S/C22H22N4O/c1-15-21(16(2)26(25-15)18-11-7-4-8-12-18)14-23-24-22(27)20-13-19(20)17-9-5-3-6-10-17/h3-12,14,19-20H,13H2,1-2H3,(H,24,27). The monoisotopic (exact) mass is 358 g/mol. The maximum Gasteiger partial charge on any atom is 0.243 e. The number of nitrogens with one attached hydrogen (secondary N) is 1. The highest BCUT2D eigenvalue weighted by Gasteiger charge is 2.43. The molecule has 5 nitrogen and oxygen atoms in total. The highest BCUT2D eigenvalue weighted by Crippen LogP contribution is 2.47. The molecule has 3 aromatic rings. The van der Waals surface area contributed by atoms with E-state index in [9.17, 15) is 4.79 Å². The van der Waals surface area contributed by atoms with Crippen molar-refractivity contribution in [1.29, 1.82) is 0 Å². The lowest BCUT2D eigenvalue weighted by atomic mass is 10.1. The van der Waals surface area contributed by atoms with Crippen LogP contribution >= 0.6 is 0 Å². The maximum atomic E-state index is 12.3. The molecular weight excluding hydrogens is 336 g/mol. The van der Waals surface area contributed by atoms with Gasteiger partial charge in [-0.2, -0.15) is 10.2 Å². The molecule has 1 heterocycles. The number of hydrogen-bond donors (Lipinski definition) is 1. The molecule has 2 aromatic carbocycles. The van der Waals surface area contributed by atoms with Crippen LogP contribution in [0.25, 0.3) is 5.69 Å². The van der Waals surface area contributed by atoms with Crippen LogP contribution in [0.5, 0.6) is 0 Å². The van der Waals surface area contributed by atoms with Crippen LogP contribution < -0.4 is 5.43 Å². The lowest BCUT2D eigenvalue weighted by Gasteiger charge is -2.03. The van der Waals surface area contributed by atoms with Crippen LogP contribution in [0.15, 0.2) is 65.8 Å². The fourth-order valence-electron chi connectivity index (χ4n) is 3.46. The summed E-state index contributed by atoms with van der Waals surface area (Å²) in [5.41, 5.74) is 7.71. The maximum absolute atomic E-state index is 12.3. The van der Waals surface area contributed by atoms with Gasteiger partial charge in [-0.15, -0.1) is 0 Å². The largest absolute Gasteiger partial charge is 0.273 e. The Kier molecular flexibility index (Phi) is 4.59. The summed E-state index contributed by atoms with van der Waals surface area (Å²) < 4.78 is 1.89. The summed E-state index contributed by atoms with van der Waals surface area (Å²) in [4.78, 5) is 12.3. The van der Waals surface area contributed by atoms with Gasteiger partial charge in [0, 0.05) is 11.5 Å². The van der Waals surface area contributed by atoms with Gasteiger partial charge in [-0.05, 0) is 43.9 Å². The molecule has 1 aromatic heterocycles. The zero-order valence-electron chi connectivity index (χ0n) is 15.5. The highest BCUT2D eigenvalue weighted by atomic mass is 16.2. The third kappa shape index (κ3) is 3.53. The Hall–Kier alpha value is -3.21. The Labute approximate surface area is 158 Å². The van der Waals surface area contributed by atoms with Crippen LogP contribution in [0.4, 0.5) is 0 Å². The molecule has 1 aliphatic carbocycles. The van der Waals surface area contributed by atoms with Crippen LogP contribution in [0, 0.1) is 19.8 Å². The fraction of sp³-hybridized carbons (Fsp3) is 0.227. The van der Waals surface area contributed by atoms with Crippen LogP contribution in [0.3, 0.4) is 0 Å². The molecule has 0 saturated heterocycles. The van der Waals surface area contributed by atoms with Crippen molar-refractivity contribution in [2.45, 2.75) is 26.2 Å². The van der Waals surface area contributed by atoms with Gasteiger partial charge in [0.25, 0.3) is 0 Å². The van der Waals surface area contributed by atoms with E-state index in [2.05, 4.69) is 27.8 Å². The average Bonchev–Trinajstić information content (AvgIpc) is 3.46. The van der Waals surface area contributed by atoms with Crippen LogP contribution in [0.1, 0.15) is 34.9 Å². The summed E-state index contributed by atoms with van der Waals surface area (Å²) in [5, 5.41) is 8.77.